The van der Waals surface area contributed by atoms with Gasteiger partial charge in [0, 0.05) is 29.0 Å². The number of benzene rings is 1. The normalized spacial score (nSPS) is 12.7. The summed E-state index contributed by atoms with van der Waals surface area (Å²) in [7, 11) is 0. The molecule has 1 aromatic carbocycles. The Morgan fingerprint density at radius 2 is 2.33 bits per heavy atom. The summed E-state index contributed by atoms with van der Waals surface area (Å²) in [6.45, 7) is 2.74. The molecule has 0 fully saturated rings. The van der Waals surface area contributed by atoms with E-state index in [-0.39, 0.29) is 5.82 Å². The lowest BCUT2D eigenvalue weighted by molar-refractivity contribution is 0.521. The number of hydrazine groups is 1. The molecule has 0 aliphatic carbocycles. The highest BCUT2D eigenvalue weighted by Gasteiger charge is 2.23. The van der Waals surface area contributed by atoms with Gasteiger partial charge in [-0.15, -0.1) is 0 Å². The van der Waals surface area contributed by atoms with Crippen LogP contribution in [0.4, 0.5) is 4.39 Å². The number of nitrogens with zero attached hydrogens (tertiary/aromatic N) is 2. The molecule has 0 aliphatic heterocycles. The van der Waals surface area contributed by atoms with E-state index in [4.69, 9.17) is 5.84 Å². The zero-order valence-electron chi connectivity index (χ0n) is 9.90. The molecule has 0 saturated carbocycles. The standard InChI is InChI=1S/C12H14BrFN4/c1-2-18-7-6-16-12(18)11(17-15)10-8(13)4-3-5-9(10)14/h3-7,11,17H,2,15H2,1H3. The summed E-state index contributed by atoms with van der Waals surface area (Å²) in [5.41, 5.74) is 3.08. The van der Waals surface area contributed by atoms with Gasteiger partial charge < -0.3 is 4.57 Å². The minimum absolute atomic E-state index is 0.321. The first-order valence-electron chi connectivity index (χ1n) is 5.60. The number of nitrogens with two attached hydrogens (primary N) is 1. The SMILES string of the molecule is CCn1ccnc1C(NN)c1c(F)cccc1Br. The van der Waals surface area contributed by atoms with Crippen molar-refractivity contribution in [2.24, 2.45) is 5.84 Å². The van der Waals surface area contributed by atoms with Crippen LogP contribution in [0.5, 0.6) is 0 Å². The van der Waals surface area contributed by atoms with Crippen LogP contribution in [-0.2, 0) is 6.54 Å². The first-order valence-corrected chi connectivity index (χ1v) is 6.39. The van der Waals surface area contributed by atoms with Crippen molar-refractivity contribution in [3.05, 3.63) is 52.3 Å². The van der Waals surface area contributed by atoms with Gasteiger partial charge in [0.05, 0.1) is 0 Å². The van der Waals surface area contributed by atoms with Crippen molar-refractivity contribution in [1.29, 1.82) is 0 Å². The van der Waals surface area contributed by atoms with Gasteiger partial charge in [0.15, 0.2) is 0 Å². The summed E-state index contributed by atoms with van der Waals surface area (Å²) in [6, 6.07) is 4.34. The summed E-state index contributed by atoms with van der Waals surface area (Å²) in [5.74, 6) is 5.93. The second kappa shape index (κ2) is 5.60. The van der Waals surface area contributed by atoms with Crippen molar-refractivity contribution in [3.8, 4) is 0 Å². The second-order valence-corrected chi connectivity index (χ2v) is 4.66. The predicted molar refractivity (Wildman–Crippen MR) is 71.2 cm³/mol. The smallest absolute Gasteiger partial charge is 0.131 e. The number of hydrogen-bond acceptors (Lipinski definition) is 3. The third kappa shape index (κ3) is 2.31. The van der Waals surface area contributed by atoms with Gasteiger partial charge in [-0.1, -0.05) is 22.0 Å². The Kier molecular flexibility index (Phi) is 4.11. The Morgan fingerprint density at radius 3 is 2.94 bits per heavy atom. The monoisotopic (exact) mass is 312 g/mol. The molecule has 1 atom stereocenters. The molecule has 1 aromatic heterocycles. The van der Waals surface area contributed by atoms with Gasteiger partial charge >= 0.3 is 0 Å². The maximum atomic E-state index is 14.0. The highest BCUT2D eigenvalue weighted by Crippen LogP contribution is 2.29. The van der Waals surface area contributed by atoms with Crippen LogP contribution in [-0.4, -0.2) is 9.55 Å². The molecule has 0 bridgehead atoms. The third-order valence-corrected chi connectivity index (χ3v) is 3.49. The number of imidazole rings is 1. The maximum Gasteiger partial charge on any atom is 0.131 e. The van der Waals surface area contributed by atoms with E-state index in [1.807, 2.05) is 17.7 Å². The summed E-state index contributed by atoms with van der Waals surface area (Å²) in [5, 5.41) is 0. The van der Waals surface area contributed by atoms with Crippen molar-refractivity contribution in [2.45, 2.75) is 19.5 Å². The van der Waals surface area contributed by atoms with E-state index in [1.54, 1.807) is 18.3 Å². The molecular weight excluding hydrogens is 299 g/mol. The van der Waals surface area contributed by atoms with Gasteiger partial charge in [-0.05, 0) is 19.1 Å². The molecule has 18 heavy (non-hydrogen) atoms. The lowest BCUT2D eigenvalue weighted by atomic mass is 10.1. The average molecular weight is 313 g/mol. The van der Waals surface area contributed by atoms with Crippen LogP contribution in [0.25, 0.3) is 0 Å². The van der Waals surface area contributed by atoms with Crippen molar-refractivity contribution in [3.63, 3.8) is 0 Å². The van der Waals surface area contributed by atoms with Gasteiger partial charge in [0.25, 0.3) is 0 Å². The van der Waals surface area contributed by atoms with E-state index >= 15 is 0 Å². The molecule has 3 N–H and O–H groups in total. The van der Waals surface area contributed by atoms with Crippen LogP contribution in [0.3, 0.4) is 0 Å². The van der Waals surface area contributed by atoms with Crippen LogP contribution in [0.1, 0.15) is 24.4 Å². The first-order chi connectivity index (χ1) is 8.69. The number of nitrogens with one attached hydrogen (secondary N) is 1. The molecule has 2 aromatic rings. The van der Waals surface area contributed by atoms with E-state index in [2.05, 4.69) is 26.3 Å². The Hall–Kier alpha value is -1.24. The fraction of sp³-hybridized carbons (Fsp3) is 0.250. The predicted octanol–water partition coefficient (Wildman–Crippen LogP) is 2.36. The van der Waals surface area contributed by atoms with Gasteiger partial charge in [-0.3, -0.25) is 5.84 Å². The van der Waals surface area contributed by atoms with Gasteiger partial charge in [0.2, 0.25) is 0 Å². The summed E-state index contributed by atoms with van der Waals surface area (Å²) >= 11 is 3.35. The zero-order valence-corrected chi connectivity index (χ0v) is 11.5. The van der Waals surface area contributed by atoms with Crippen LogP contribution >= 0.6 is 15.9 Å². The topological polar surface area (TPSA) is 55.9 Å². The van der Waals surface area contributed by atoms with E-state index in [0.717, 1.165) is 6.54 Å². The Balaban J connectivity index is 2.52. The van der Waals surface area contributed by atoms with Crippen LogP contribution in [0.2, 0.25) is 0 Å². The van der Waals surface area contributed by atoms with Gasteiger partial charge in [-0.2, -0.15) is 0 Å². The number of halogens is 2. The third-order valence-electron chi connectivity index (χ3n) is 2.80. The highest BCUT2D eigenvalue weighted by atomic mass is 79.9. The molecule has 96 valence electrons. The highest BCUT2D eigenvalue weighted by molar-refractivity contribution is 9.10. The molecule has 1 unspecified atom stereocenters. The second-order valence-electron chi connectivity index (χ2n) is 3.81. The molecule has 6 heteroatoms. The lowest BCUT2D eigenvalue weighted by Gasteiger charge is -2.19. The van der Waals surface area contributed by atoms with E-state index in [1.165, 1.54) is 6.07 Å². The maximum absolute atomic E-state index is 14.0. The van der Waals surface area contributed by atoms with Crippen molar-refractivity contribution < 1.29 is 4.39 Å². The molecule has 0 spiro atoms. The Morgan fingerprint density at radius 1 is 1.56 bits per heavy atom. The molecule has 0 radical (unpaired) electrons. The van der Waals surface area contributed by atoms with Crippen LogP contribution in [0.15, 0.2) is 35.1 Å². The van der Waals surface area contributed by atoms with Gasteiger partial charge in [-0.25, -0.2) is 14.8 Å². The minimum atomic E-state index is -0.490. The number of rotatable bonds is 4. The Bertz CT molecular complexity index is 520. The molecule has 0 aliphatic rings. The van der Waals surface area contributed by atoms with E-state index < -0.39 is 6.04 Å². The molecular formula is C12H14BrFN4. The number of aryl methyl sites for hydroxylation is 1. The fourth-order valence-electron chi connectivity index (χ4n) is 1.92. The first kappa shape index (κ1) is 13.2. The van der Waals surface area contributed by atoms with Crippen molar-refractivity contribution >= 4 is 15.9 Å². The molecule has 0 amide bonds. The molecule has 2 rings (SSSR count). The van der Waals surface area contributed by atoms with Crippen molar-refractivity contribution in [1.82, 2.24) is 15.0 Å². The van der Waals surface area contributed by atoms with Crippen molar-refractivity contribution in [2.75, 3.05) is 0 Å². The fourth-order valence-corrected chi connectivity index (χ4v) is 2.49. The zero-order chi connectivity index (χ0) is 13.1. The van der Waals surface area contributed by atoms with Crippen LogP contribution in [0, 0.1) is 5.82 Å². The van der Waals surface area contributed by atoms with E-state index in [9.17, 15) is 4.39 Å². The van der Waals surface area contributed by atoms with Gasteiger partial charge in [0.1, 0.15) is 17.7 Å². The molecule has 4 nitrogen and oxygen atoms in total. The quantitative estimate of drug-likeness (QED) is 0.673. The summed E-state index contributed by atoms with van der Waals surface area (Å²) in [4.78, 5) is 4.25. The van der Waals surface area contributed by atoms with Crippen LogP contribution < -0.4 is 11.3 Å². The Labute approximate surface area is 113 Å². The lowest BCUT2D eigenvalue weighted by Crippen LogP contribution is -2.32. The summed E-state index contributed by atoms with van der Waals surface area (Å²) in [6.07, 6.45) is 3.52. The number of hydrogen-bond donors (Lipinski definition) is 2. The molecule has 0 saturated heterocycles. The van der Waals surface area contributed by atoms with E-state index in [0.29, 0.717) is 15.9 Å². The molecule has 1 heterocycles. The summed E-state index contributed by atoms with van der Waals surface area (Å²) < 4.78 is 16.5. The number of aromatic nitrogens is 2. The largest absolute Gasteiger partial charge is 0.334 e. The minimum Gasteiger partial charge on any atom is -0.334 e. The average Bonchev–Trinajstić information content (AvgIpc) is 2.82.